The van der Waals surface area contributed by atoms with E-state index in [4.69, 9.17) is 0 Å². The number of benzene rings is 1. The van der Waals surface area contributed by atoms with Crippen molar-refractivity contribution >= 4 is 33.2 Å². The van der Waals surface area contributed by atoms with Gasteiger partial charge in [-0.25, -0.2) is 4.98 Å². The maximum Gasteiger partial charge on any atom is 0.272 e. The normalized spacial score (nSPS) is 15.1. The van der Waals surface area contributed by atoms with Crippen LogP contribution in [0.5, 0.6) is 0 Å². The molecule has 5 heteroatoms. The van der Waals surface area contributed by atoms with Gasteiger partial charge >= 0.3 is 0 Å². The second-order valence-corrected chi connectivity index (χ2v) is 6.60. The van der Waals surface area contributed by atoms with E-state index in [2.05, 4.69) is 26.2 Å². The summed E-state index contributed by atoms with van der Waals surface area (Å²) in [7, 11) is 0. The molecule has 120 valence electrons. The largest absolute Gasteiger partial charge is 0.353 e. The zero-order chi connectivity index (χ0) is 16.1. The number of carbonyl (C=O) groups is 1. The van der Waals surface area contributed by atoms with Crippen LogP contribution in [0.25, 0.3) is 0 Å². The number of carbonyl (C=O) groups excluding carboxylic acids is 1. The Balaban J connectivity index is 1.69. The number of hydrogen-bond donors (Lipinski definition) is 1. The highest BCUT2D eigenvalue weighted by Crippen LogP contribution is 2.25. The third kappa shape index (κ3) is 4.10. The second kappa shape index (κ2) is 7.59. The maximum atomic E-state index is 12.5. The first-order valence-electron chi connectivity index (χ1n) is 8.01. The molecule has 0 saturated carbocycles. The Morgan fingerprint density at radius 3 is 2.43 bits per heavy atom. The van der Waals surface area contributed by atoms with Crippen molar-refractivity contribution in [1.82, 2.24) is 9.88 Å². The number of para-hydroxylation sites is 1. The zero-order valence-corrected chi connectivity index (χ0v) is 14.6. The highest BCUT2D eigenvalue weighted by atomic mass is 79.9. The number of likely N-dealkylation sites (tertiary alicyclic amines) is 1. The predicted octanol–water partition coefficient (Wildman–Crippen LogP) is 4.60. The molecule has 0 spiro atoms. The molecule has 1 fully saturated rings. The van der Waals surface area contributed by atoms with Crippen molar-refractivity contribution in [2.75, 3.05) is 18.4 Å². The van der Waals surface area contributed by atoms with Gasteiger partial charge in [0, 0.05) is 17.6 Å². The summed E-state index contributed by atoms with van der Waals surface area (Å²) in [6.45, 7) is 1.69. The van der Waals surface area contributed by atoms with Crippen LogP contribution in [0.1, 0.15) is 36.2 Å². The van der Waals surface area contributed by atoms with Crippen LogP contribution in [0.4, 0.5) is 11.4 Å². The summed E-state index contributed by atoms with van der Waals surface area (Å²) in [6.07, 6.45) is 6.32. The number of anilines is 2. The van der Waals surface area contributed by atoms with Gasteiger partial charge in [0.15, 0.2) is 0 Å². The van der Waals surface area contributed by atoms with E-state index >= 15 is 0 Å². The van der Waals surface area contributed by atoms with Crippen LogP contribution in [0.3, 0.4) is 0 Å². The van der Waals surface area contributed by atoms with Gasteiger partial charge in [0.2, 0.25) is 0 Å². The van der Waals surface area contributed by atoms with E-state index < -0.39 is 0 Å². The number of hydrogen-bond acceptors (Lipinski definition) is 3. The summed E-state index contributed by atoms with van der Waals surface area (Å²) in [4.78, 5) is 18.8. The summed E-state index contributed by atoms with van der Waals surface area (Å²) in [6, 6.07) is 11.6. The summed E-state index contributed by atoms with van der Waals surface area (Å²) < 4.78 is 0.990. The first kappa shape index (κ1) is 16.0. The Kier molecular flexibility index (Phi) is 5.28. The standard InChI is InChI=1S/C18H20BrN3O/c19-15-7-3-4-8-16(15)21-14-9-10-17(20-13-14)18(23)22-11-5-1-2-6-12-22/h3-4,7-10,13,21H,1-2,5-6,11-12H2. The third-order valence-corrected chi connectivity index (χ3v) is 4.72. The SMILES string of the molecule is O=C(c1ccc(Nc2ccccc2Br)cn1)N1CCCCCC1. The average molecular weight is 374 g/mol. The van der Waals surface area contributed by atoms with E-state index in [0.29, 0.717) is 5.69 Å². The van der Waals surface area contributed by atoms with Gasteiger partial charge in [-0.15, -0.1) is 0 Å². The Bertz CT molecular complexity index is 664. The van der Waals surface area contributed by atoms with Crippen molar-refractivity contribution in [3.8, 4) is 0 Å². The monoisotopic (exact) mass is 373 g/mol. The van der Waals surface area contributed by atoms with Crippen molar-refractivity contribution < 1.29 is 4.79 Å². The number of amides is 1. The molecule has 4 nitrogen and oxygen atoms in total. The van der Waals surface area contributed by atoms with Gasteiger partial charge in [0.1, 0.15) is 5.69 Å². The number of nitrogens with zero attached hydrogens (tertiary/aromatic N) is 2. The lowest BCUT2D eigenvalue weighted by Crippen LogP contribution is -2.32. The van der Waals surface area contributed by atoms with Gasteiger partial charge < -0.3 is 10.2 Å². The minimum absolute atomic E-state index is 0.0411. The highest BCUT2D eigenvalue weighted by molar-refractivity contribution is 9.10. The van der Waals surface area contributed by atoms with E-state index in [9.17, 15) is 4.79 Å². The molecule has 1 saturated heterocycles. The zero-order valence-electron chi connectivity index (χ0n) is 13.0. The molecule has 0 radical (unpaired) electrons. The summed E-state index contributed by atoms with van der Waals surface area (Å²) >= 11 is 3.51. The molecule has 2 heterocycles. The Hall–Kier alpha value is -1.88. The minimum Gasteiger partial charge on any atom is -0.353 e. The Morgan fingerprint density at radius 2 is 1.78 bits per heavy atom. The fourth-order valence-corrected chi connectivity index (χ4v) is 3.13. The van der Waals surface area contributed by atoms with E-state index in [1.807, 2.05) is 35.2 Å². The number of nitrogens with one attached hydrogen (secondary N) is 1. The van der Waals surface area contributed by atoms with Gasteiger partial charge in [-0.1, -0.05) is 25.0 Å². The smallest absolute Gasteiger partial charge is 0.272 e. The molecule has 0 atom stereocenters. The minimum atomic E-state index is 0.0411. The van der Waals surface area contributed by atoms with Gasteiger partial charge in [-0.2, -0.15) is 0 Å². The van der Waals surface area contributed by atoms with Crippen LogP contribution >= 0.6 is 15.9 Å². The van der Waals surface area contributed by atoms with Crippen LogP contribution in [0, 0.1) is 0 Å². The predicted molar refractivity (Wildman–Crippen MR) is 96.0 cm³/mol. The van der Waals surface area contributed by atoms with Gasteiger partial charge in [-0.3, -0.25) is 4.79 Å². The molecule has 1 aromatic heterocycles. The molecule has 0 unspecified atom stereocenters. The molecule has 2 aromatic rings. The Morgan fingerprint density at radius 1 is 1.04 bits per heavy atom. The molecule has 0 bridgehead atoms. The topological polar surface area (TPSA) is 45.2 Å². The lowest BCUT2D eigenvalue weighted by Gasteiger charge is -2.19. The van der Waals surface area contributed by atoms with E-state index in [1.165, 1.54) is 12.8 Å². The molecule has 1 aromatic carbocycles. The molecular weight excluding hydrogens is 354 g/mol. The molecule has 1 N–H and O–H groups in total. The van der Waals surface area contributed by atoms with Crippen molar-refractivity contribution in [1.29, 1.82) is 0 Å². The Labute approximate surface area is 145 Å². The van der Waals surface area contributed by atoms with Crippen molar-refractivity contribution in [3.63, 3.8) is 0 Å². The van der Waals surface area contributed by atoms with Crippen LogP contribution in [0.2, 0.25) is 0 Å². The van der Waals surface area contributed by atoms with Crippen LogP contribution in [-0.4, -0.2) is 28.9 Å². The first-order valence-corrected chi connectivity index (χ1v) is 8.80. The van der Waals surface area contributed by atoms with Crippen molar-refractivity contribution in [3.05, 3.63) is 52.8 Å². The first-order chi connectivity index (χ1) is 11.2. The van der Waals surface area contributed by atoms with Crippen molar-refractivity contribution in [2.24, 2.45) is 0 Å². The number of halogens is 1. The second-order valence-electron chi connectivity index (χ2n) is 5.74. The number of pyridine rings is 1. The van der Waals surface area contributed by atoms with Gasteiger partial charge in [0.25, 0.3) is 5.91 Å². The van der Waals surface area contributed by atoms with Crippen LogP contribution < -0.4 is 5.32 Å². The van der Waals surface area contributed by atoms with Gasteiger partial charge in [0.05, 0.1) is 17.6 Å². The maximum absolute atomic E-state index is 12.5. The molecular formula is C18H20BrN3O. The third-order valence-electron chi connectivity index (χ3n) is 4.03. The fraction of sp³-hybridized carbons (Fsp3) is 0.333. The lowest BCUT2D eigenvalue weighted by molar-refractivity contribution is 0.0756. The number of aromatic nitrogens is 1. The summed E-state index contributed by atoms with van der Waals surface area (Å²) in [5.41, 5.74) is 2.36. The lowest BCUT2D eigenvalue weighted by atomic mass is 10.2. The molecule has 3 rings (SSSR count). The molecule has 0 aliphatic carbocycles. The molecule has 23 heavy (non-hydrogen) atoms. The molecule has 1 amide bonds. The van der Waals surface area contributed by atoms with Gasteiger partial charge in [-0.05, 0) is 53.0 Å². The summed E-state index contributed by atoms with van der Waals surface area (Å²) in [5, 5.41) is 3.29. The highest BCUT2D eigenvalue weighted by Gasteiger charge is 2.18. The van der Waals surface area contributed by atoms with E-state index in [-0.39, 0.29) is 5.91 Å². The average Bonchev–Trinajstić information content (AvgIpc) is 2.86. The van der Waals surface area contributed by atoms with Crippen molar-refractivity contribution in [2.45, 2.75) is 25.7 Å². The van der Waals surface area contributed by atoms with Crippen LogP contribution in [-0.2, 0) is 0 Å². The van der Waals surface area contributed by atoms with E-state index in [1.54, 1.807) is 12.3 Å². The molecule has 1 aliphatic rings. The number of rotatable bonds is 3. The van der Waals surface area contributed by atoms with Crippen LogP contribution in [0.15, 0.2) is 47.1 Å². The molecule has 1 aliphatic heterocycles. The summed E-state index contributed by atoms with van der Waals surface area (Å²) in [5.74, 6) is 0.0411. The fourth-order valence-electron chi connectivity index (χ4n) is 2.75. The quantitative estimate of drug-likeness (QED) is 0.854. The van der Waals surface area contributed by atoms with E-state index in [0.717, 1.165) is 41.8 Å².